The molecule has 0 bridgehead atoms. The molecule has 0 spiro atoms. The van der Waals surface area contributed by atoms with E-state index in [-0.39, 0.29) is 0 Å². The highest BCUT2D eigenvalue weighted by molar-refractivity contribution is 5.28. The number of allylic oxidation sites excluding steroid dienone is 1. The predicted octanol–water partition coefficient (Wildman–Crippen LogP) is -2.58. The van der Waals surface area contributed by atoms with Crippen LogP contribution in [0.1, 0.15) is 5.56 Å². The van der Waals surface area contributed by atoms with E-state index >= 15 is 0 Å². The summed E-state index contributed by atoms with van der Waals surface area (Å²) < 4.78 is 21.8. The van der Waals surface area contributed by atoms with Crippen LogP contribution in [0.5, 0.6) is 5.75 Å². The van der Waals surface area contributed by atoms with Crippen molar-refractivity contribution in [2.45, 2.75) is 67.8 Å². The molecular weight excluding hydrogens is 428 g/mol. The van der Waals surface area contributed by atoms with E-state index in [9.17, 15) is 35.7 Å². The Hall–Kier alpha value is -1.64. The van der Waals surface area contributed by atoms with Crippen molar-refractivity contribution < 1.29 is 54.7 Å². The first-order valence-corrected chi connectivity index (χ1v) is 10.2. The molecule has 2 fully saturated rings. The maximum absolute atomic E-state index is 10.3. The molecule has 11 heteroatoms. The Bertz CT molecular complexity index is 727. The summed E-state index contributed by atoms with van der Waals surface area (Å²) in [5.41, 5.74) is 0.999. The van der Waals surface area contributed by atoms with Crippen molar-refractivity contribution in [3.8, 4) is 5.75 Å². The van der Waals surface area contributed by atoms with Crippen molar-refractivity contribution >= 4 is 0 Å². The van der Waals surface area contributed by atoms with Gasteiger partial charge < -0.3 is 54.7 Å². The van der Waals surface area contributed by atoms with Gasteiger partial charge in [0.15, 0.2) is 6.29 Å². The van der Waals surface area contributed by atoms with E-state index in [2.05, 4.69) is 6.58 Å². The van der Waals surface area contributed by atoms with Gasteiger partial charge in [-0.25, -0.2) is 0 Å². The van der Waals surface area contributed by atoms with Crippen LogP contribution in [-0.2, 0) is 20.6 Å². The number of hydrogen-bond acceptors (Lipinski definition) is 11. The van der Waals surface area contributed by atoms with Gasteiger partial charge in [0.1, 0.15) is 54.6 Å². The molecular formula is C21H30O11. The summed E-state index contributed by atoms with van der Waals surface area (Å²) in [4.78, 5) is 0. The average molecular weight is 458 g/mol. The van der Waals surface area contributed by atoms with E-state index in [1.165, 1.54) is 0 Å². The fourth-order valence-electron chi connectivity index (χ4n) is 3.55. The van der Waals surface area contributed by atoms with Gasteiger partial charge in [-0.15, -0.1) is 6.58 Å². The van der Waals surface area contributed by atoms with Gasteiger partial charge in [-0.05, 0) is 24.1 Å². The number of rotatable bonds is 8. The van der Waals surface area contributed by atoms with Gasteiger partial charge in [0.05, 0.1) is 13.2 Å². The molecule has 2 saturated heterocycles. The zero-order valence-electron chi connectivity index (χ0n) is 17.3. The van der Waals surface area contributed by atoms with Crippen molar-refractivity contribution in [2.75, 3.05) is 13.2 Å². The molecule has 32 heavy (non-hydrogen) atoms. The SMILES string of the molecule is C=CCc1ccc(O[C@H]2O[C@@H](CO[C@H]3O[C@@H](CO)[C@@H](O)[C@@H](O)[C@H]3O)[C@@H](O)[C@@H](O)[C@@H]2O)cc1. The minimum Gasteiger partial charge on any atom is -0.462 e. The van der Waals surface area contributed by atoms with Gasteiger partial charge in [-0.1, -0.05) is 18.2 Å². The standard InChI is InChI=1S/C21H30O11/c1-2-3-10-4-6-11(7-5-10)30-21-19(28)17(26)15(24)13(32-21)9-29-20-18(27)16(25)14(23)12(8-22)31-20/h2,4-7,12-28H,1,3,8-9H2/t12-,13-,14+,15+,16+,17+,18+,19-,20-,21-/m0/s1. The third-order valence-electron chi connectivity index (χ3n) is 5.50. The first-order chi connectivity index (χ1) is 15.3. The Kier molecular flexibility index (Phi) is 8.58. The van der Waals surface area contributed by atoms with E-state index in [1.54, 1.807) is 30.3 Å². The second kappa shape index (κ2) is 11.0. The van der Waals surface area contributed by atoms with E-state index < -0.39 is 74.6 Å². The molecule has 1 aromatic rings. The molecule has 3 rings (SSSR count). The Morgan fingerprint density at radius 3 is 1.94 bits per heavy atom. The second-order valence-electron chi connectivity index (χ2n) is 7.80. The van der Waals surface area contributed by atoms with E-state index in [0.717, 1.165) is 5.56 Å². The van der Waals surface area contributed by atoms with E-state index in [4.69, 9.17) is 18.9 Å². The molecule has 0 radical (unpaired) electrons. The third kappa shape index (κ3) is 5.46. The van der Waals surface area contributed by atoms with Crippen LogP contribution in [0.4, 0.5) is 0 Å². The van der Waals surface area contributed by atoms with Gasteiger partial charge in [0.25, 0.3) is 0 Å². The number of benzene rings is 1. The highest BCUT2D eigenvalue weighted by Gasteiger charge is 2.47. The lowest BCUT2D eigenvalue weighted by Crippen LogP contribution is -2.62. The van der Waals surface area contributed by atoms with Crippen LogP contribution in [0.3, 0.4) is 0 Å². The van der Waals surface area contributed by atoms with Crippen LogP contribution < -0.4 is 4.74 Å². The summed E-state index contributed by atoms with van der Waals surface area (Å²) in [5.74, 6) is 0.360. The van der Waals surface area contributed by atoms with Crippen molar-refractivity contribution in [3.63, 3.8) is 0 Å². The van der Waals surface area contributed by atoms with Gasteiger partial charge in [0.2, 0.25) is 6.29 Å². The Morgan fingerprint density at radius 2 is 1.34 bits per heavy atom. The first kappa shape index (κ1) is 25.0. The minimum absolute atomic E-state index is 0.360. The quantitative estimate of drug-likeness (QED) is 0.203. The molecule has 1 aromatic carbocycles. The average Bonchev–Trinajstić information content (AvgIpc) is 2.79. The zero-order valence-corrected chi connectivity index (χ0v) is 17.3. The largest absolute Gasteiger partial charge is 0.462 e. The summed E-state index contributed by atoms with van der Waals surface area (Å²) in [7, 11) is 0. The van der Waals surface area contributed by atoms with Gasteiger partial charge >= 0.3 is 0 Å². The summed E-state index contributed by atoms with van der Waals surface area (Å²) >= 11 is 0. The molecule has 0 saturated carbocycles. The molecule has 10 atom stereocenters. The first-order valence-electron chi connectivity index (χ1n) is 10.2. The zero-order chi connectivity index (χ0) is 23.4. The molecule has 0 aromatic heterocycles. The van der Waals surface area contributed by atoms with Crippen LogP contribution >= 0.6 is 0 Å². The summed E-state index contributed by atoms with van der Waals surface area (Å²) in [6.07, 6.45) is -12.2. The van der Waals surface area contributed by atoms with Crippen LogP contribution in [-0.4, -0.2) is 110 Å². The molecule has 0 aliphatic carbocycles. The normalized spacial score (nSPS) is 40.1. The van der Waals surface area contributed by atoms with Crippen LogP contribution in [0.2, 0.25) is 0 Å². The summed E-state index contributed by atoms with van der Waals surface area (Å²) in [6.45, 7) is 2.62. The van der Waals surface area contributed by atoms with Crippen LogP contribution in [0, 0.1) is 0 Å². The number of aliphatic hydroxyl groups is 7. The van der Waals surface area contributed by atoms with Crippen molar-refractivity contribution in [1.29, 1.82) is 0 Å². The van der Waals surface area contributed by atoms with E-state index in [1.807, 2.05) is 0 Å². The maximum Gasteiger partial charge on any atom is 0.229 e. The molecule has 180 valence electrons. The number of ether oxygens (including phenoxy) is 4. The molecule has 11 nitrogen and oxygen atoms in total. The molecule has 2 aliphatic heterocycles. The van der Waals surface area contributed by atoms with Crippen molar-refractivity contribution in [1.82, 2.24) is 0 Å². The fraction of sp³-hybridized carbons (Fsp3) is 0.619. The highest BCUT2D eigenvalue weighted by Crippen LogP contribution is 2.27. The number of aliphatic hydroxyl groups excluding tert-OH is 7. The van der Waals surface area contributed by atoms with Crippen LogP contribution in [0.25, 0.3) is 0 Å². The van der Waals surface area contributed by atoms with Crippen molar-refractivity contribution in [3.05, 3.63) is 42.5 Å². The fourth-order valence-corrected chi connectivity index (χ4v) is 3.55. The van der Waals surface area contributed by atoms with Crippen molar-refractivity contribution in [2.24, 2.45) is 0 Å². The monoisotopic (exact) mass is 458 g/mol. The molecule has 0 unspecified atom stereocenters. The van der Waals surface area contributed by atoms with Crippen LogP contribution in [0.15, 0.2) is 36.9 Å². The molecule has 0 amide bonds. The maximum atomic E-state index is 10.3. The Labute approximate surface area is 184 Å². The van der Waals surface area contributed by atoms with Gasteiger partial charge in [-0.3, -0.25) is 0 Å². The number of hydrogen-bond donors (Lipinski definition) is 7. The van der Waals surface area contributed by atoms with E-state index in [0.29, 0.717) is 12.2 Å². The lowest BCUT2D eigenvalue weighted by atomic mass is 9.98. The summed E-state index contributed by atoms with van der Waals surface area (Å²) in [6, 6.07) is 6.92. The highest BCUT2D eigenvalue weighted by atomic mass is 16.7. The second-order valence-corrected chi connectivity index (χ2v) is 7.80. The lowest BCUT2D eigenvalue weighted by molar-refractivity contribution is -0.323. The smallest absolute Gasteiger partial charge is 0.229 e. The third-order valence-corrected chi connectivity index (χ3v) is 5.50. The molecule has 7 N–H and O–H groups in total. The predicted molar refractivity (Wildman–Crippen MR) is 107 cm³/mol. The Balaban J connectivity index is 1.62. The molecule has 2 heterocycles. The van der Waals surface area contributed by atoms with Gasteiger partial charge in [-0.2, -0.15) is 0 Å². The minimum atomic E-state index is -1.63. The summed E-state index contributed by atoms with van der Waals surface area (Å²) in [5, 5.41) is 69.7. The lowest BCUT2D eigenvalue weighted by Gasteiger charge is -2.42. The molecule has 2 aliphatic rings. The van der Waals surface area contributed by atoms with Gasteiger partial charge in [0, 0.05) is 0 Å². The topological polar surface area (TPSA) is 179 Å². The Morgan fingerprint density at radius 1 is 0.781 bits per heavy atom.